The van der Waals surface area contributed by atoms with Gasteiger partial charge in [-0.15, -0.1) is 0 Å². The molecule has 0 spiro atoms. The monoisotopic (exact) mass is 337 g/mol. The highest BCUT2D eigenvalue weighted by atomic mass is 32.2. The van der Waals surface area contributed by atoms with Gasteiger partial charge in [0.2, 0.25) is 15.8 Å². The summed E-state index contributed by atoms with van der Waals surface area (Å²) < 4.78 is 34.4. The number of ketones is 1. The van der Waals surface area contributed by atoms with Crippen LogP contribution >= 0.6 is 0 Å². The van der Waals surface area contributed by atoms with Crippen LogP contribution in [0.3, 0.4) is 0 Å². The second kappa shape index (κ2) is 6.66. The molecule has 23 heavy (non-hydrogen) atoms. The first kappa shape index (κ1) is 16.8. The van der Waals surface area contributed by atoms with Gasteiger partial charge in [0, 0.05) is 11.3 Å². The number of carbonyl (C=O) groups excluding carboxylic acids is 2. The second-order valence-electron chi connectivity index (χ2n) is 4.88. The van der Waals surface area contributed by atoms with Gasteiger partial charge in [0.15, 0.2) is 6.10 Å². The van der Waals surface area contributed by atoms with Crippen LogP contribution in [0.5, 0.6) is 0 Å². The highest BCUT2D eigenvalue weighted by molar-refractivity contribution is 7.92. The maximum atomic E-state index is 12.2. The molecule has 1 N–H and O–H groups in total. The summed E-state index contributed by atoms with van der Waals surface area (Å²) >= 11 is 0. The molecule has 0 unspecified atom stereocenters. The van der Waals surface area contributed by atoms with Gasteiger partial charge in [-0.2, -0.15) is 0 Å². The molecule has 1 aromatic carbocycles. The van der Waals surface area contributed by atoms with Crippen molar-refractivity contribution in [2.75, 3.05) is 11.0 Å². The lowest BCUT2D eigenvalue weighted by Crippen LogP contribution is -2.24. The molecule has 1 atom stereocenters. The standard InChI is InChI=1S/C15H15NO6S/c1-10(22-15(18)12-7-8-21-9-12)14(17)11-3-5-13(6-4-11)16-23(2,19)20/h3-10,16H,1-2H3/t10-/m0/s1. The zero-order valence-corrected chi connectivity index (χ0v) is 13.3. The third-order valence-electron chi connectivity index (χ3n) is 2.88. The van der Waals surface area contributed by atoms with Gasteiger partial charge in [0.25, 0.3) is 0 Å². The minimum Gasteiger partial charge on any atom is -0.472 e. The van der Waals surface area contributed by atoms with Crippen LogP contribution in [0.4, 0.5) is 5.69 Å². The number of nitrogens with one attached hydrogen (secondary N) is 1. The Bertz CT molecular complexity index is 793. The van der Waals surface area contributed by atoms with Crippen LogP contribution < -0.4 is 4.72 Å². The van der Waals surface area contributed by atoms with Crippen LogP contribution in [-0.4, -0.2) is 32.5 Å². The van der Waals surface area contributed by atoms with E-state index in [1.807, 2.05) is 0 Å². The average molecular weight is 337 g/mol. The number of hydrogen-bond donors (Lipinski definition) is 1. The Morgan fingerprint density at radius 2 is 1.78 bits per heavy atom. The number of rotatable bonds is 6. The van der Waals surface area contributed by atoms with Crippen molar-refractivity contribution in [2.45, 2.75) is 13.0 Å². The molecule has 0 saturated heterocycles. The number of benzene rings is 1. The molecule has 1 heterocycles. The number of Topliss-reactive ketones (excluding diaryl/α,β-unsaturated/α-hetero) is 1. The predicted molar refractivity (Wildman–Crippen MR) is 82.8 cm³/mol. The Hall–Kier alpha value is -2.61. The molecule has 0 saturated carbocycles. The van der Waals surface area contributed by atoms with Gasteiger partial charge in [-0.05, 0) is 37.3 Å². The Balaban J connectivity index is 2.03. The second-order valence-corrected chi connectivity index (χ2v) is 6.62. The summed E-state index contributed by atoms with van der Waals surface area (Å²) in [6, 6.07) is 7.26. The molecular formula is C15H15NO6S. The summed E-state index contributed by atoms with van der Waals surface area (Å²) in [5, 5.41) is 0. The normalized spacial score (nSPS) is 12.4. The van der Waals surface area contributed by atoms with Gasteiger partial charge >= 0.3 is 5.97 Å². The Morgan fingerprint density at radius 1 is 1.13 bits per heavy atom. The van der Waals surface area contributed by atoms with Crippen LogP contribution in [0.1, 0.15) is 27.6 Å². The largest absolute Gasteiger partial charge is 0.472 e. The minimum absolute atomic E-state index is 0.220. The molecule has 0 aliphatic carbocycles. The molecular weight excluding hydrogens is 322 g/mol. The minimum atomic E-state index is -3.38. The van der Waals surface area contributed by atoms with Crippen LogP contribution in [0.2, 0.25) is 0 Å². The molecule has 122 valence electrons. The first-order valence-electron chi connectivity index (χ1n) is 6.61. The molecule has 7 nitrogen and oxygen atoms in total. The van der Waals surface area contributed by atoms with E-state index < -0.39 is 27.9 Å². The lowest BCUT2D eigenvalue weighted by Gasteiger charge is -2.12. The zero-order chi connectivity index (χ0) is 17.0. The van der Waals surface area contributed by atoms with Gasteiger partial charge in [0.1, 0.15) is 6.26 Å². The topological polar surface area (TPSA) is 103 Å². The Kier molecular flexibility index (Phi) is 4.85. The molecule has 0 fully saturated rings. The van der Waals surface area contributed by atoms with Gasteiger partial charge < -0.3 is 9.15 Å². The fraction of sp³-hybridized carbons (Fsp3) is 0.200. The molecule has 0 radical (unpaired) electrons. The summed E-state index contributed by atoms with van der Waals surface area (Å²) in [5.41, 5.74) is 0.862. The smallest absolute Gasteiger partial charge is 0.342 e. The van der Waals surface area contributed by atoms with Gasteiger partial charge in [-0.25, -0.2) is 13.2 Å². The number of esters is 1. The van der Waals surface area contributed by atoms with E-state index in [-0.39, 0.29) is 5.56 Å². The first-order chi connectivity index (χ1) is 10.8. The number of anilines is 1. The zero-order valence-electron chi connectivity index (χ0n) is 12.5. The quantitative estimate of drug-likeness (QED) is 0.639. The molecule has 0 bridgehead atoms. The Morgan fingerprint density at radius 3 is 2.30 bits per heavy atom. The fourth-order valence-corrected chi connectivity index (χ4v) is 2.38. The molecule has 0 amide bonds. The van der Waals surface area contributed by atoms with E-state index in [4.69, 9.17) is 9.15 Å². The Labute approximate surface area is 133 Å². The summed E-state index contributed by atoms with van der Waals surface area (Å²) in [4.78, 5) is 24.0. The molecule has 0 aliphatic heterocycles. The van der Waals surface area contributed by atoms with Crippen LogP contribution in [0.15, 0.2) is 47.3 Å². The SMILES string of the molecule is C[C@H](OC(=O)c1ccoc1)C(=O)c1ccc(NS(C)(=O)=O)cc1. The highest BCUT2D eigenvalue weighted by Gasteiger charge is 2.21. The van der Waals surface area contributed by atoms with E-state index in [9.17, 15) is 18.0 Å². The maximum absolute atomic E-state index is 12.2. The van der Waals surface area contributed by atoms with E-state index in [2.05, 4.69) is 4.72 Å². The number of sulfonamides is 1. The summed E-state index contributed by atoms with van der Waals surface area (Å²) in [6.07, 6.45) is 2.61. The van der Waals surface area contributed by atoms with E-state index >= 15 is 0 Å². The fourth-order valence-electron chi connectivity index (χ4n) is 1.81. The third kappa shape index (κ3) is 4.68. The van der Waals surface area contributed by atoms with E-state index in [0.717, 1.165) is 6.26 Å². The molecule has 8 heteroatoms. The average Bonchev–Trinajstić information content (AvgIpc) is 3.00. The van der Waals surface area contributed by atoms with Gasteiger partial charge in [0.05, 0.1) is 18.1 Å². The number of ether oxygens (including phenoxy) is 1. The van der Waals surface area contributed by atoms with Crippen LogP contribution in [-0.2, 0) is 14.8 Å². The number of furan rings is 1. The molecule has 2 aromatic rings. The molecule has 2 rings (SSSR count). The van der Waals surface area contributed by atoms with Crippen molar-refractivity contribution in [3.63, 3.8) is 0 Å². The van der Waals surface area contributed by atoms with E-state index in [1.165, 1.54) is 49.8 Å². The summed E-state index contributed by atoms with van der Waals surface area (Å²) in [5.74, 6) is -1.05. The highest BCUT2D eigenvalue weighted by Crippen LogP contribution is 2.14. The van der Waals surface area contributed by atoms with Crippen molar-refractivity contribution < 1.29 is 27.2 Å². The van der Waals surface area contributed by atoms with Crippen molar-refractivity contribution in [2.24, 2.45) is 0 Å². The molecule has 1 aromatic heterocycles. The van der Waals surface area contributed by atoms with E-state index in [1.54, 1.807) is 0 Å². The summed E-state index contributed by atoms with van der Waals surface area (Å²) in [7, 11) is -3.38. The van der Waals surface area contributed by atoms with Gasteiger partial charge in [-0.3, -0.25) is 9.52 Å². The third-order valence-corrected chi connectivity index (χ3v) is 3.49. The van der Waals surface area contributed by atoms with Crippen molar-refractivity contribution >= 4 is 27.5 Å². The summed E-state index contributed by atoms with van der Waals surface area (Å²) in [6.45, 7) is 1.46. The van der Waals surface area contributed by atoms with Gasteiger partial charge in [-0.1, -0.05) is 0 Å². The van der Waals surface area contributed by atoms with Crippen molar-refractivity contribution in [3.05, 3.63) is 54.0 Å². The van der Waals surface area contributed by atoms with E-state index in [0.29, 0.717) is 11.3 Å². The number of hydrogen-bond acceptors (Lipinski definition) is 6. The van der Waals surface area contributed by atoms with Crippen molar-refractivity contribution in [1.29, 1.82) is 0 Å². The lowest BCUT2D eigenvalue weighted by molar-refractivity contribution is 0.0318. The molecule has 0 aliphatic rings. The van der Waals surface area contributed by atoms with Crippen molar-refractivity contribution in [1.82, 2.24) is 0 Å². The van der Waals surface area contributed by atoms with Crippen LogP contribution in [0, 0.1) is 0 Å². The number of carbonyl (C=O) groups is 2. The van der Waals surface area contributed by atoms with Crippen molar-refractivity contribution in [3.8, 4) is 0 Å². The van der Waals surface area contributed by atoms with Crippen LogP contribution in [0.25, 0.3) is 0 Å². The maximum Gasteiger partial charge on any atom is 0.342 e. The predicted octanol–water partition coefficient (Wildman–Crippen LogP) is 2.08. The lowest BCUT2D eigenvalue weighted by atomic mass is 10.1. The first-order valence-corrected chi connectivity index (χ1v) is 8.50.